The second-order valence-corrected chi connectivity index (χ2v) is 16.7. The molecule has 348 valence electrons. The van der Waals surface area contributed by atoms with Crippen molar-refractivity contribution in [3.05, 3.63) is 50.1 Å². The molecule has 0 fully saturated rings. The van der Waals surface area contributed by atoms with Gasteiger partial charge in [0.15, 0.2) is 11.5 Å². The van der Waals surface area contributed by atoms with Crippen LogP contribution < -0.4 is 65.6 Å². The van der Waals surface area contributed by atoms with Crippen molar-refractivity contribution in [1.29, 1.82) is 0 Å². The average Bonchev–Trinajstić information content (AvgIpc) is 3.25. The van der Waals surface area contributed by atoms with Gasteiger partial charge in [-0.05, 0) is 50.7 Å². The standard InChI is InChI=1S/C48H78O12S.K/c1-4-44(49)56-37-29-23-17-11-7-10-16-22-28-36-55-42-34-35-43(61(52,53)54)48(60-41-33-27-21-15-9-13-19-25-31-39-58-46(51)6-3)47(42)59-40-32-26-20-14-8-12-18-24-30-38-57-45(50)5-2;/h4-6,34-35H,1-3,7-33,36-41H2,(H,52,53,54);/q;+1/p-1. The van der Waals surface area contributed by atoms with Crippen LogP contribution in [0.3, 0.4) is 0 Å². The van der Waals surface area contributed by atoms with E-state index in [-0.39, 0.29) is 87.4 Å². The van der Waals surface area contributed by atoms with E-state index in [1.807, 2.05) is 0 Å². The summed E-state index contributed by atoms with van der Waals surface area (Å²) < 4.78 is 70.7. The van der Waals surface area contributed by atoms with Crippen molar-refractivity contribution in [2.24, 2.45) is 0 Å². The molecular formula is C48H77KO12S. The third-order valence-electron chi connectivity index (χ3n) is 10.2. The summed E-state index contributed by atoms with van der Waals surface area (Å²) >= 11 is 0. The average molecular weight is 917 g/mol. The van der Waals surface area contributed by atoms with E-state index < -0.39 is 15.0 Å². The Kier molecular flexibility index (Phi) is 40.0. The van der Waals surface area contributed by atoms with Gasteiger partial charge in [-0.2, -0.15) is 0 Å². The molecule has 14 heteroatoms. The largest absolute Gasteiger partial charge is 1.00 e. The summed E-state index contributed by atoms with van der Waals surface area (Å²) in [5.41, 5.74) is 0. The van der Waals surface area contributed by atoms with E-state index in [9.17, 15) is 27.4 Å². The van der Waals surface area contributed by atoms with Crippen molar-refractivity contribution in [2.45, 2.75) is 178 Å². The van der Waals surface area contributed by atoms with E-state index in [1.165, 1.54) is 30.4 Å². The minimum atomic E-state index is -4.85. The van der Waals surface area contributed by atoms with Crippen LogP contribution in [0.25, 0.3) is 0 Å². The number of benzene rings is 1. The molecule has 0 saturated carbocycles. The van der Waals surface area contributed by atoms with Crippen LogP contribution in [-0.2, 0) is 38.7 Å². The number of unbranched alkanes of at least 4 members (excludes halogenated alkanes) is 24. The number of esters is 3. The predicted molar refractivity (Wildman–Crippen MR) is 239 cm³/mol. The summed E-state index contributed by atoms with van der Waals surface area (Å²) in [7, 11) is -4.85. The molecule has 1 aromatic rings. The minimum Gasteiger partial charge on any atom is -0.744 e. The fourth-order valence-corrected chi connectivity index (χ4v) is 7.27. The van der Waals surface area contributed by atoms with Gasteiger partial charge >= 0.3 is 69.3 Å². The van der Waals surface area contributed by atoms with Crippen molar-refractivity contribution < 1.29 is 107 Å². The number of carbonyl (C=O) groups excluding carboxylic acids is 3. The van der Waals surface area contributed by atoms with Crippen molar-refractivity contribution >= 4 is 28.0 Å². The first kappa shape index (κ1) is 59.8. The van der Waals surface area contributed by atoms with Crippen LogP contribution in [0.15, 0.2) is 55.0 Å². The maximum atomic E-state index is 12.4. The molecule has 0 saturated heterocycles. The van der Waals surface area contributed by atoms with Gasteiger partial charge in [-0.1, -0.05) is 155 Å². The summed E-state index contributed by atoms with van der Waals surface area (Å²) in [6.45, 7) is 12.5. The molecular weight excluding hydrogens is 840 g/mol. The summed E-state index contributed by atoms with van der Waals surface area (Å²) in [5, 5.41) is 0. The normalized spacial score (nSPS) is 10.9. The first-order valence-corrected chi connectivity index (χ1v) is 24.4. The number of carbonyl (C=O) groups is 3. The zero-order valence-electron chi connectivity index (χ0n) is 38.1. The molecule has 62 heavy (non-hydrogen) atoms. The molecule has 12 nitrogen and oxygen atoms in total. The van der Waals surface area contributed by atoms with Crippen molar-refractivity contribution in [3.63, 3.8) is 0 Å². The van der Waals surface area contributed by atoms with Gasteiger partial charge in [0.1, 0.15) is 15.0 Å². The van der Waals surface area contributed by atoms with Gasteiger partial charge in [0.2, 0.25) is 5.75 Å². The topological polar surface area (TPSA) is 164 Å². The van der Waals surface area contributed by atoms with Crippen molar-refractivity contribution in [2.75, 3.05) is 39.6 Å². The second-order valence-electron chi connectivity index (χ2n) is 15.4. The van der Waals surface area contributed by atoms with E-state index in [2.05, 4.69) is 19.7 Å². The molecule has 0 aliphatic carbocycles. The molecule has 0 bridgehead atoms. The molecule has 0 aliphatic rings. The fourth-order valence-electron chi connectivity index (χ4n) is 6.66. The number of hydrogen-bond donors (Lipinski definition) is 0. The van der Waals surface area contributed by atoms with Crippen LogP contribution in [-0.4, -0.2) is 70.5 Å². The number of ether oxygens (including phenoxy) is 6. The van der Waals surface area contributed by atoms with Crippen LogP contribution in [0, 0.1) is 0 Å². The Hall–Kier alpha value is -2.20. The van der Waals surface area contributed by atoms with Crippen molar-refractivity contribution in [3.8, 4) is 17.2 Å². The molecule has 0 aromatic heterocycles. The van der Waals surface area contributed by atoms with E-state index in [0.29, 0.717) is 45.2 Å². The zero-order valence-corrected chi connectivity index (χ0v) is 42.1. The zero-order chi connectivity index (χ0) is 44.7. The number of hydrogen-bond acceptors (Lipinski definition) is 12. The smallest absolute Gasteiger partial charge is 0.744 e. The summed E-state index contributed by atoms with van der Waals surface area (Å²) in [4.78, 5) is 32.9. The summed E-state index contributed by atoms with van der Waals surface area (Å²) in [6.07, 6.45) is 30.8. The molecule has 0 atom stereocenters. The summed E-state index contributed by atoms with van der Waals surface area (Å²) in [6, 6.07) is 2.77. The maximum absolute atomic E-state index is 12.4. The minimum absolute atomic E-state index is 0. The molecule has 1 rings (SSSR count). The van der Waals surface area contributed by atoms with Crippen LogP contribution >= 0.6 is 0 Å². The Morgan fingerprint density at radius 2 is 0.677 bits per heavy atom. The first-order valence-electron chi connectivity index (χ1n) is 23.0. The molecule has 0 heterocycles. The maximum Gasteiger partial charge on any atom is 1.00 e. The Morgan fingerprint density at radius 3 is 0.968 bits per heavy atom. The molecule has 0 aliphatic heterocycles. The molecule has 1 aromatic carbocycles. The Bertz CT molecular complexity index is 1470. The van der Waals surface area contributed by atoms with E-state index in [1.54, 1.807) is 0 Å². The van der Waals surface area contributed by atoms with E-state index in [0.717, 1.165) is 167 Å². The Labute approximate surface area is 416 Å². The second kappa shape index (κ2) is 41.5. The molecule has 0 radical (unpaired) electrons. The summed E-state index contributed by atoms with van der Waals surface area (Å²) in [5.74, 6) is -0.657. The van der Waals surface area contributed by atoms with Crippen LogP contribution in [0.1, 0.15) is 173 Å². The van der Waals surface area contributed by atoms with Crippen LogP contribution in [0.5, 0.6) is 17.2 Å². The van der Waals surface area contributed by atoms with Crippen molar-refractivity contribution in [1.82, 2.24) is 0 Å². The van der Waals surface area contributed by atoms with E-state index >= 15 is 0 Å². The molecule has 0 N–H and O–H groups in total. The van der Waals surface area contributed by atoms with E-state index in [4.69, 9.17) is 28.4 Å². The quantitative estimate of drug-likeness (QED) is 0.0154. The third kappa shape index (κ3) is 33.3. The van der Waals surface area contributed by atoms with Crippen LogP contribution in [0.4, 0.5) is 0 Å². The Balaban J connectivity index is 0.0000372. The van der Waals surface area contributed by atoms with Gasteiger partial charge in [0.05, 0.1) is 39.6 Å². The van der Waals surface area contributed by atoms with Gasteiger partial charge in [0, 0.05) is 18.2 Å². The monoisotopic (exact) mass is 916 g/mol. The molecule has 0 unspecified atom stereocenters. The van der Waals surface area contributed by atoms with Gasteiger partial charge < -0.3 is 33.0 Å². The van der Waals surface area contributed by atoms with Crippen LogP contribution in [0.2, 0.25) is 0 Å². The first-order chi connectivity index (χ1) is 29.6. The van der Waals surface area contributed by atoms with Gasteiger partial charge in [-0.3, -0.25) is 0 Å². The van der Waals surface area contributed by atoms with Gasteiger partial charge in [-0.25, -0.2) is 22.8 Å². The SMILES string of the molecule is C=CC(=O)OCCCCCCCCCCCOc1ccc(S(=O)(=O)[O-])c(OCCCCCCCCCCCOC(=O)C=C)c1OCCCCCCCCCCCOC(=O)C=C.[K+]. The third-order valence-corrected chi connectivity index (χ3v) is 11.0. The van der Waals surface area contributed by atoms with Gasteiger partial charge in [-0.15, -0.1) is 0 Å². The Morgan fingerprint density at radius 1 is 0.419 bits per heavy atom. The fraction of sp³-hybridized carbons (Fsp3) is 0.688. The predicted octanol–water partition coefficient (Wildman–Crippen LogP) is 8.45. The van der Waals surface area contributed by atoms with Gasteiger partial charge in [0.25, 0.3) is 0 Å². The number of rotatable bonds is 43. The molecule has 0 spiro atoms. The molecule has 0 amide bonds.